The largest absolute Gasteiger partial charge is 0.350 e. The number of benzene rings is 2. The Morgan fingerprint density at radius 3 is 2.58 bits per heavy atom. The first-order valence-electron chi connectivity index (χ1n) is 11.2. The van der Waals surface area contributed by atoms with E-state index in [9.17, 15) is 9.59 Å². The van der Waals surface area contributed by atoms with Gasteiger partial charge in [0, 0.05) is 18.5 Å². The first kappa shape index (κ1) is 21.5. The zero-order chi connectivity index (χ0) is 23.0. The van der Waals surface area contributed by atoms with Crippen molar-refractivity contribution >= 4 is 33.4 Å². The van der Waals surface area contributed by atoms with Crippen molar-refractivity contribution in [1.82, 2.24) is 14.8 Å². The molecule has 0 bridgehead atoms. The molecule has 33 heavy (non-hydrogen) atoms. The maximum absolute atomic E-state index is 13.7. The Labute approximate surface area is 197 Å². The van der Waals surface area contributed by atoms with Gasteiger partial charge < -0.3 is 14.8 Å². The highest BCUT2D eigenvalue weighted by atomic mass is 32.1. The van der Waals surface area contributed by atoms with Gasteiger partial charge in [0.25, 0.3) is 5.91 Å². The van der Waals surface area contributed by atoms with E-state index in [1.54, 1.807) is 16.2 Å². The van der Waals surface area contributed by atoms with Crippen LogP contribution in [-0.2, 0) is 24.3 Å². The van der Waals surface area contributed by atoms with Gasteiger partial charge in [0.15, 0.2) is 0 Å². The molecule has 6 heteroatoms. The van der Waals surface area contributed by atoms with Crippen LogP contribution in [0.1, 0.15) is 34.1 Å². The van der Waals surface area contributed by atoms with E-state index < -0.39 is 5.54 Å². The van der Waals surface area contributed by atoms with Crippen molar-refractivity contribution in [3.63, 3.8) is 0 Å². The number of aryl methyl sites for hydroxylation is 1. The molecule has 1 N–H and O–H groups in total. The summed E-state index contributed by atoms with van der Waals surface area (Å²) in [5.74, 6) is -0.221. The van der Waals surface area contributed by atoms with Gasteiger partial charge in [0.05, 0.1) is 6.54 Å². The second-order valence-electron chi connectivity index (χ2n) is 8.93. The van der Waals surface area contributed by atoms with Gasteiger partial charge in [-0.2, -0.15) is 0 Å². The minimum atomic E-state index is -0.987. The molecule has 168 valence electrons. The minimum Gasteiger partial charge on any atom is -0.350 e. The van der Waals surface area contributed by atoms with Gasteiger partial charge in [-0.1, -0.05) is 60.2 Å². The third-order valence-electron chi connectivity index (χ3n) is 6.56. The first-order chi connectivity index (χ1) is 16.0. The number of aromatic nitrogens is 1. The molecule has 0 saturated carbocycles. The zero-order valence-electron chi connectivity index (χ0n) is 18.9. The summed E-state index contributed by atoms with van der Waals surface area (Å²) in [5.41, 5.74) is 3.07. The molecule has 1 atom stereocenters. The lowest BCUT2D eigenvalue weighted by Gasteiger charge is -2.44. The molecule has 4 aromatic rings. The molecular formula is C27H27N3O2S. The lowest BCUT2D eigenvalue weighted by Crippen LogP contribution is -2.64. The first-order valence-corrected chi connectivity index (χ1v) is 12.1. The highest BCUT2D eigenvalue weighted by molar-refractivity contribution is 7.16. The Hall–Kier alpha value is -3.38. The molecule has 0 saturated heterocycles. The quantitative estimate of drug-likeness (QED) is 0.453. The van der Waals surface area contributed by atoms with Crippen molar-refractivity contribution in [2.24, 2.45) is 0 Å². The third-order valence-corrected chi connectivity index (χ3v) is 7.51. The van der Waals surface area contributed by atoms with Crippen molar-refractivity contribution in [2.75, 3.05) is 6.54 Å². The van der Waals surface area contributed by atoms with Crippen LogP contribution in [0.4, 0.5) is 0 Å². The van der Waals surface area contributed by atoms with Crippen molar-refractivity contribution in [2.45, 2.75) is 38.9 Å². The van der Waals surface area contributed by atoms with E-state index in [1.807, 2.05) is 59.3 Å². The van der Waals surface area contributed by atoms with Gasteiger partial charge in [-0.3, -0.25) is 9.59 Å². The van der Waals surface area contributed by atoms with E-state index in [2.05, 4.69) is 36.5 Å². The summed E-state index contributed by atoms with van der Waals surface area (Å²) in [4.78, 5) is 30.1. The lowest BCUT2D eigenvalue weighted by molar-refractivity contribution is -0.133. The van der Waals surface area contributed by atoms with Crippen LogP contribution in [0.15, 0.2) is 72.1 Å². The van der Waals surface area contributed by atoms with E-state index in [-0.39, 0.29) is 11.8 Å². The summed E-state index contributed by atoms with van der Waals surface area (Å²) >= 11 is 1.61. The van der Waals surface area contributed by atoms with Crippen LogP contribution in [-0.4, -0.2) is 33.4 Å². The molecule has 3 heterocycles. The number of thiophene rings is 1. The molecule has 2 aromatic heterocycles. The monoisotopic (exact) mass is 457 g/mol. The van der Waals surface area contributed by atoms with E-state index in [0.717, 1.165) is 21.3 Å². The fourth-order valence-corrected chi connectivity index (χ4v) is 5.47. The molecule has 2 amide bonds. The number of hydrogen-bond donors (Lipinski definition) is 1. The van der Waals surface area contributed by atoms with Gasteiger partial charge >= 0.3 is 0 Å². The lowest BCUT2D eigenvalue weighted by atomic mass is 9.93. The van der Waals surface area contributed by atoms with Crippen LogP contribution in [0.5, 0.6) is 0 Å². The van der Waals surface area contributed by atoms with E-state index >= 15 is 0 Å². The van der Waals surface area contributed by atoms with Gasteiger partial charge in [0.1, 0.15) is 16.1 Å². The van der Waals surface area contributed by atoms with Crippen LogP contribution < -0.4 is 5.32 Å². The molecule has 0 radical (unpaired) electrons. The Bertz CT molecular complexity index is 1310. The van der Waals surface area contributed by atoms with E-state index in [4.69, 9.17) is 0 Å². The number of fused-ring (bicyclic) bond motifs is 3. The third kappa shape index (κ3) is 3.95. The Kier molecular flexibility index (Phi) is 5.54. The Morgan fingerprint density at radius 1 is 1.06 bits per heavy atom. The molecule has 1 aliphatic heterocycles. The molecule has 2 aromatic carbocycles. The average molecular weight is 458 g/mol. The van der Waals surface area contributed by atoms with Crippen LogP contribution in [0.2, 0.25) is 0 Å². The molecule has 0 spiro atoms. The van der Waals surface area contributed by atoms with E-state index in [0.29, 0.717) is 31.7 Å². The van der Waals surface area contributed by atoms with Crippen LogP contribution >= 0.6 is 11.3 Å². The number of carbonyl (C=O) groups excluding carboxylic acids is 2. The number of nitrogens with zero attached hydrogens (tertiary/aromatic N) is 2. The predicted octanol–water partition coefficient (Wildman–Crippen LogP) is 4.78. The average Bonchev–Trinajstić information content (AvgIpc) is 3.42. The second-order valence-corrected chi connectivity index (χ2v) is 9.83. The summed E-state index contributed by atoms with van der Waals surface area (Å²) < 4.78 is 2.02. The van der Waals surface area contributed by atoms with Crippen LogP contribution in [0.25, 0.3) is 10.2 Å². The van der Waals surface area contributed by atoms with Crippen molar-refractivity contribution in [3.8, 4) is 0 Å². The van der Waals surface area contributed by atoms with Crippen molar-refractivity contribution in [1.29, 1.82) is 0 Å². The standard InChI is InChI=1S/C27H27N3O2S/c1-19-8-10-20(11-9-19)12-14-30-24(31)23-16-22-13-15-33-25(22)29(23)18-27(30,2)26(32)28-17-21-6-4-3-5-7-21/h3-11,13,15-16H,12,14,17-18H2,1-2H3,(H,28,32). The molecule has 5 rings (SSSR count). The number of amides is 2. The summed E-state index contributed by atoms with van der Waals surface area (Å²) in [6.07, 6.45) is 0.697. The number of nitrogens with one attached hydrogen (secondary N) is 1. The normalized spacial score (nSPS) is 17.9. The summed E-state index contributed by atoms with van der Waals surface area (Å²) in [6.45, 7) is 5.30. The SMILES string of the molecule is Cc1ccc(CCN2C(=O)c3cc4ccsc4n3CC2(C)C(=O)NCc2ccccc2)cc1. The number of rotatable bonds is 6. The van der Waals surface area contributed by atoms with Gasteiger partial charge in [-0.15, -0.1) is 11.3 Å². The zero-order valence-corrected chi connectivity index (χ0v) is 19.7. The van der Waals surface area contributed by atoms with E-state index in [1.165, 1.54) is 5.56 Å². The van der Waals surface area contributed by atoms with Crippen LogP contribution in [0.3, 0.4) is 0 Å². The highest BCUT2D eigenvalue weighted by Gasteiger charge is 2.47. The molecule has 1 aliphatic rings. The maximum atomic E-state index is 13.7. The van der Waals surface area contributed by atoms with Crippen molar-refractivity contribution in [3.05, 3.63) is 94.5 Å². The summed E-state index contributed by atoms with van der Waals surface area (Å²) in [7, 11) is 0. The Morgan fingerprint density at radius 2 is 1.82 bits per heavy atom. The second kappa shape index (κ2) is 8.52. The maximum Gasteiger partial charge on any atom is 0.271 e. The topological polar surface area (TPSA) is 54.3 Å². The fourth-order valence-electron chi connectivity index (χ4n) is 4.57. The summed E-state index contributed by atoms with van der Waals surface area (Å²) in [5, 5.41) is 6.17. The van der Waals surface area contributed by atoms with Crippen molar-refractivity contribution < 1.29 is 9.59 Å². The molecule has 5 nitrogen and oxygen atoms in total. The van der Waals surface area contributed by atoms with Gasteiger partial charge in [-0.05, 0) is 48.9 Å². The Balaban J connectivity index is 1.45. The summed E-state index contributed by atoms with van der Waals surface area (Å²) in [6, 6.07) is 22.2. The minimum absolute atomic E-state index is 0.0888. The fraction of sp³-hybridized carbons (Fsp3) is 0.259. The van der Waals surface area contributed by atoms with Gasteiger partial charge in [0.2, 0.25) is 5.91 Å². The van der Waals surface area contributed by atoms with Gasteiger partial charge in [-0.25, -0.2) is 0 Å². The molecular weight excluding hydrogens is 430 g/mol. The highest BCUT2D eigenvalue weighted by Crippen LogP contribution is 2.34. The number of carbonyl (C=O) groups is 2. The van der Waals surface area contributed by atoms with Crippen LogP contribution in [0, 0.1) is 6.92 Å². The molecule has 1 unspecified atom stereocenters. The molecule has 0 aliphatic carbocycles. The number of hydrogen-bond acceptors (Lipinski definition) is 3. The molecule has 0 fully saturated rings. The smallest absolute Gasteiger partial charge is 0.271 e. The predicted molar refractivity (Wildman–Crippen MR) is 132 cm³/mol.